The van der Waals surface area contributed by atoms with Gasteiger partial charge in [-0.3, -0.25) is 0 Å². The number of rotatable bonds is 3. The minimum atomic E-state index is -2.91. The Morgan fingerprint density at radius 1 is 1.42 bits per heavy atom. The molecule has 0 radical (unpaired) electrons. The van der Waals surface area contributed by atoms with Gasteiger partial charge in [0.1, 0.15) is 0 Å². The van der Waals surface area contributed by atoms with Crippen LogP contribution >= 0.6 is 0 Å². The number of hydrogen-bond acceptors (Lipinski definition) is 3. The zero-order chi connectivity index (χ0) is 9.19. The van der Waals surface area contributed by atoms with Gasteiger partial charge < -0.3 is 5.73 Å². The van der Waals surface area contributed by atoms with Crippen LogP contribution in [-0.4, -0.2) is 25.5 Å². The molecular formula is C8H17NO2S. The maximum atomic E-state index is 11.7. The molecule has 1 rings (SSSR count). The van der Waals surface area contributed by atoms with Gasteiger partial charge in [-0.15, -0.1) is 0 Å². The maximum absolute atomic E-state index is 11.7. The summed E-state index contributed by atoms with van der Waals surface area (Å²) in [6, 6.07) is 0. The minimum Gasteiger partial charge on any atom is -0.329 e. The summed E-state index contributed by atoms with van der Waals surface area (Å²) in [6.07, 6.45) is 3.79. The largest absolute Gasteiger partial charge is 0.329 e. The molecule has 0 aromatic rings. The van der Waals surface area contributed by atoms with Crippen molar-refractivity contribution in [1.82, 2.24) is 0 Å². The quantitative estimate of drug-likeness (QED) is 0.714. The van der Waals surface area contributed by atoms with E-state index in [-0.39, 0.29) is 17.0 Å². The van der Waals surface area contributed by atoms with Crippen molar-refractivity contribution in [2.45, 2.75) is 43.1 Å². The minimum absolute atomic E-state index is 0.101. The van der Waals surface area contributed by atoms with Gasteiger partial charge in [-0.25, -0.2) is 8.42 Å². The zero-order valence-corrected chi connectivity index (χ0v) is 8.31. The first-order chi connectivity index (χ1) is 5.59. The van der Waals surface area contributed by atoms with Gasteiger partial charge in [-0.05, 0) is 19.8 Å². The summed E-state index contributed by atoms with van der Waals surface area (Å²) in [6.45, 7) is 1.95. The summed E-state index contributed by atoms with van der Waals surface area (Å²) < 4.78 is 23.4. The lowest BCUT2D eigenvalue weighted by molar-refractivity contribution is 0.567. The second kappa shape index (κ2) is 3.75. The smallest absolute Gasteiger partial charge is 0.156 e. The van der Waals surface area contributed by atoms with Gasteiger partial charge >= 0.3 is 0 Å². The molecule has 1 unspecified atom stereocenters. The molecule has 0 bridgehead atoms. The Kier molecular flexibility index (Phi) is 3.12. The van der Waals surface area contributed by atoms with E-state index < -0.39 is 9.84 Å². The lowest BCUT2D eigenvalue weighted by Crippen LogP contribution is -2.33. The van der Waals surface area contributed by atoms with Gasteiger partial charge in [0.05, 0.1) is 10.5 Å². The first kappa shape index (κ1) is 9.99. The summed E-state index contributed by atoms with van der Waals surface area (Å²) in [5.41, 5.74) is 5.35. The molecule has 0 aromatic heterocycles. The van der Waals surface area contributed by atoms with E-state index in [0.29, 0.717) is 0 Å². The second-order valence-corrected chi connectivity index (χ2v) is 6.19. The van der Waals surface area contributed by atoms with Crippen LogP contribution in [0.1, 0.15) is 32.6 Å². The molecule has 12 heavy (non-hydrogen) atoms. The molecule has 0 heterocycles. The van der Waals surface area contributed by atoms with Gasteiger partial charge in [0.25, 0.3) is 0 Å². The van der Waals surface area contributed by atoms with Crippen molar-refractivity contribution >= 4 is 9.84 Å². The van der Waals surface area contributed by atoms with Crippen LogP contribution in [0.4, 0.5) is 0 Å². The molecule has 1 saturated carbocycles. The fourth-order valence-corrected chi connectivity index (χ4v) is 3.60. The van der Waals surface area contributed by atoms with Crippen molar-refractivity contribution in [3.05, 3.63) is 0 Å². The molecular weight excluding hydrogens is 174 g/mol. The first-order valence-electron chi connectivity index (χ1n) is 4.52. The zero-order valence-electron chi connectivity index (χ0n) is 7.49. The molecule has 1 aliphatic rings. The molecule has 1 atom stereocenters. The SMILES string of the molecule is CC(CN)S(=O)(=O)C1CCCC1. The van der Waals surface area contributed by atoms with Crippen molar-refractivity contribution in [2.75, 3.05) is 6.54 Å². The van der Waals surface area contributed by atoms with Crippen LogP contribution in [0.3, 0.4) is 0 Å². The summed E-state index contributed by atoms with van der Waals surface area (Å²) in [5, 5.41) is -0.461. The van der Waals surface area contributed by atoms with Crippen molar-refractivity contribution in [1.29, 1.82) is 0 Å². The van der Waals surface area contributed by atoms with Crippen molar-refractivity contribution < 1.29 is 8.42 Å². The van der Waals surface area contributed by atoms with Crippen LogP contribution in [0, 0.1) is 0 Å². The number of sulfone groups is 1. The Morgan fingerprint density at radius 3 is 2.33 bits per heavy atom. The Hall–Kier alpha value is -0.0900. The van der Waals surface area contributed by atoms with Gasteiger partial charge in [-0.2, -0.15) is 0 Å². The topological polar surface area (TPSA) is 60.2 Å². The third-order valence-electron chi connectivity index (χ3n) is 2.66. The van der Waals surface area contributed by atoms with Gasteiger partial charge in [0.2, 0.25) is 0 Å². The number of hydrogen-bond donors (Lipinski definition) is 1. The summed E-state index contributed by atoms with van der Waals surface area (Å²) >= 11 is 0. The molecule has 72 valence electrons. The normalized spacial score (nSPS) is 22.8. The lowest BCUT2D eigenvalue weighted by Gasteiger charge is -2.15. The second-order valence-electron chi connectivity index (χ2n) is 3.54. The highest BCUT2D eigenvalue weighted by Gasteiger charge is 2.32. The highest BCUT2D eigenvalue weighted by atomic mass is 32.2. The highest BCUT2D eigenvalue weighted by molar-refractivity contribution is 7.92. The van der Waals surface area contributed by atoms with E-state index in [1.807, 2.05) is 0 Å². The van der Waals surface area contributed by atoms with E-state index in [9.17, 15) is 8.42 Å². The average Bonchev–Trinajstić information content (AvgIpc) is 2.55. The Morgan fingerprint density at radius 2 is 1.92 bits per heavy atom. The molecule has 0 aromatic carbocycles. The van der Waals surface area contributed by atoms with E-state index >= 15 is 0 Å². The molecule has 1 fully saturated rings. The maximum Gasteiger partial charge on any atom is 0.156 e. The fraction of sp³-hybridized carbons (Fsp3) is 1.00. The van der Waals surface area contributed by atoms with Gasteiger partial charge in [0, 0.05) is 6.54 Å². The van der Waals surface area contributed by atoms with Gasteiger partial charge in [-0.1, -0.05) is 12.8 Å². The van der Waals surface area contributed by atoms with E-state index in [0.717, 1.165) is 25.7 Å². The van der Waals surface area contributed by atoms with Crippen molar-refractivity contribution in [3.63, 3.8) is 0 Å². The van der Waals surface area contributed by atoms with Crippen molar-refractivity contribution in [3.8, 4) is 0 Å². The van der Waals surface area contributed by atoms with Crippen LogP contribution < -0.4 is 5.73 Å². The molecule has 3 nitrogen and oxygen atoms in total. The van der Waals surface area contributed by atoms with Crippen LogP contribution in [0.2, 0.25) is 0 Å². The van der Waals surface area contributed by atoms with E-state index in [4.69, 9.17) is 5.73 Å². The van der Waals surface area contributed by atoms with E-state index in [1.54, 1.807) is 6.92 Å². The first-order valence-corrected chi connectivity index (χ1v) is 6.12. The average molecular weight is 191 g/mol. The predicted molar refractivity (Wildman–Crippen MR) is 49.7 cm³/mol. The van der Waals surface area contributed by atoms with Gasteiger partial charge in [0.15, 0.2) is 9.84 Å². The Balaban J connectivity index is 2.70. The Labute approximate surface area is 74.3 Å². The molecule has 2 N–H and O–H groups in total. The van der Waals surface area contributed by atoms with Crippen LogP contribution in [0.15, 0.2) is 0 Å². The fourth-order valence-electron chi connectivity index (χ4n) is 1.68. The molecule has 4 heteroatoms. The molecule has 0 spiro atoms. The third kappa shape index (κ3) is 1.80. The monoisotopic (exact) mass is 191 g/mol. The number of nitrogens with two attached hydrogens (primary N) is 1. The molecule has 0 aliphatic heterocycles. The van der Waals surface area contributed by atoms with Crippen molar-refractivity contribution in [2.24, 2.45) is 5.73 Å². The van der Waals surface area contributed by atoms with Crippen LogP contribution in [0.25, 0.3) is 0 Å². The van der Waals surface area contributed by atoms with Crippen LogP contribution in [-0.2, 0) is 9.84 Å². The van der Waals surface area contributed by atoms with Crippen LogP contribution in [0.5, 0.6) is 0 Å². The van der Waals surface area contributed by atoms with E-state index in [2.05, 4.69) is 0 Å². The van der Waals surface area contributed by atoms with E-state index in [1.165, 1.54) is 0 Å². The lowest BCUT2D eigenvalue weighted by atomic mass is 10.4. The summed E-state index contributed by atoms with van der Waals surface area (Å²) in [5.74, 6) is 0. The molecule has 0 saturated heterocycles. The predicted octanol–water partition coefficient (Wildman–Crippen LogP) is 0.691. The summed E-state index contributed by atoms with van der Waals surface area (Å²) in [4.78, 5) is 0. The molecule has 1 aliphatic carbocycles. The molecule has 0 amide bonds. The highest BCUT2D eigenvalue weighted by Crippen LogP contribution is 2.26. The third-order valence-corrected chi connectivity index (χ3v) is 5.37. The standard InChI is InChI=1S/C8H17NO2S/c1-7(6-9)12(10,11)8-4-2-3-5-8/h7-8H,2-6,9H2,1H3. The Bertz CT molecular complexity index is 229. The summed E-state index contributed by atoms with van der Waals surface area (Å²) in [7, 11) is -2.91.